The summed E-state index contributed by atoms with van der Waals surface area (Å²) in [5.41, 5.74) is 4.97. The lowest BCUT2D eigenvalue weighted by molar-refractivity contribution is -0.193. The summed E-state index contributed by atoms with van der Waals surface area (Å²) in [5, 5.41) is 24.4. The molecule has 252 valence electrons. The zero-order chi connectivity index (χ0) is 34.7. The van der Waals surface area contributed by atoms with E-state index in [1.165, 1.54) is 0 Å². The van der Waals surface area contributed by atoms with Crippen molar-refractivity contribution in [2.24, 2.45) is 0 Å². The standard InChI is InChI=1S/C25H31N5O2.2C2HF3O2/c1-29(2)21-10-12-30(13-11-21)24-15-19(20-16-26-27-17-20)6-9-23(24)28-25(31)14-18-4-7-22(32-3)8-5-18;2*3-2(4,5)1(6)7/h4-9,15-17,21H,10-14H2,1-3H3,(H,26,27)(H,28,31);2*(H,6,7). The number of carboxylic acid groups (broad SMARTS) is 2. The lowest BCUT2D eigenvalue weighted by Crippen LogP contribution is -2.42. The largest absolute Gasteiger partial charge is 0.497 e. The number of nitrogens with zero attached hydrogens (tertiary/aromatic N) is 3. The third-order valence-electron chi connectivity index (χ3n) is 6.65. The van der Waals surface area contributed by atoms with Gasteiger partial charge >= 0.3 is 24.3 Å². The highest BCUT2D eigenvalue weighted by Gasteiger charge is 2.38. The Bertz CT molecular complexity index is 1400. The van der Waals surface area contributed by atoms with Crippen molar-refractivity contribution in [3.63, 3.8) is 0 Å². The number of piperidine rings is 1. The van der Waals surface area contributed by atoms with Gasteiger partial charge in [-0.05, 0) is 62.3 Å². The van der Waals surface area contributed by atoms with Crippen LogP contribution in [0.2, 0.25) is 0 Å². The van der Waals surface area contributed by atoms with E-state index in [-0.39, 0.29) is 5.91 Å². The molecule has 0 saturated carbocycles. The molecular weight excluding hydrogens is 628 g/mol. The number of methoxy groups -OCH3 is 1. The summed E-state index contributed by atoms with van der Waals surface area (Å²) in [6.45, 7) is 1.91. The first kappa shape index (κ1) is 37.4. The van der Waals surface area contributed by atoms with E-state index in [0.29, 0.717) is 12.5 Å². The Morgan fingerprint density at radius 1 is 0.957 bits per heavy atom. The van der Waals surface area contributed by atoms with E-state index >= 15 is 0 Å². The van der Waals surface area contributed by atoms with E-state index in [4.69, 9.17) is 24.5 Å². The van der Waals surface area contributed by atoms with Crippen LogP contribution in [-0.2, 0) is 20.8 Å². The maximum atomic E-state index is 12.8. The van der Waals surface area contributed by atoms with Crippen LogP contribution in [-0.4, -0.2) is 95.8 Å². The minimum absolute atomic E-state index is 0.0318. The van der Waals surface area contributed by atoms with Gasteiger partial charge < -0.3 is 30.1 Å². The number of anilines is 2. The Morgan fingerprint density at radius 2 is 1.50 bits per heavy atom. The summed E-state index contributed by atoms with van der Waals surface area (Å²) in [5.74, 6) is -4.76. The molecule has 0 spiro atoms. The molecule has 1 aliphatic heterocycles. The average molecular weight is 662 g/mol. The van der Waals surface area contributed by atoms with Crippen molar-refractivity contribution < 1.29 is 55.7 Å². The molecule has 2 heterocycles. The molecule has 1 fully saturated rings. The number of nitrogens with one attached hydrogen (secondary N) is 2. The van der Waals surface area contributed by atoms with Gasteiger partial charge in [-0.15, -0.1) is 0 Å². The van der Waals surface area contributed by atoms with E-state index in [9.17, 15) is 31.1 Å². The quantitative estimate of drug-likeness (QED) is 0.255. The van der Waals surface area contributed by atoms with E-state index in [0.717, 1.165) is 59.7 Å². The fraction of sp³-hybridized carbons (Fsp3) is 0.379. The van der Waals surface area contributed by atoms with Gasteiger partial charge in [-0.25, -0.2) is 9.59 Å². The third kappa shape index (κ3) is 11.9. The van der Waals surface area contributed by atoms with Crippen molar-refractivity contribution in [2.45, 2.75) is 37.7 Å². The van der Waals surface area contributed by atoms with Crippen molar-refractivity contribution in [3.8, 4) is 16.9 Å². The second kappa shape index (κ2) is 16.5. The highest BCUT2D eigenvalue weighted by atomic mass is 19.4. The number of aliphatic carboxylic acids is 2. The van der Waals surface area contributed by atoms with Gasteiger partial charge in [-0.1, -0.05) is 18.2 Å². The molecule has 1 saturated heterocycles. The third-order valence-corrected chi connectivity index (χ3v) is 6.65. The molecule has 0 unspecified atom stereocenters. The highest BCUT2D eigenvalue weighted by Crippen LogP contribution is 2.34. The monoisotopic (exact) mass is 661 g/mol. The Morgan fingerprint density at radius 3 is 1.93 bits per heavy atom. The summed E-state index contributed by atoms with van der Waals surface area (Å²) >= 11 is 0. The molecule has 0 aliphatic carbocycles. The Labute approximate surface area is 259 Å². The first-order chi connectivity index (χ1) is 21.4. The van der Waals surface area contributed by atoms with Gasteiger partial charge in [0.1, 0.15) is 5.75 Å². The number of hydrogen-bond acceptors (Lipinski definition) is 7. The molecule has 0 radical (unpaired) electrons. The number of carbonyl (C=O) groups is 3. The summed E-state index contributed by atoms with van der Waals surface area (Å²) in [4.78, 5) is 35.3. The number of alkyl halides is 6. The van der Waals surface area contributed by atoms with Gasteiger partial charge in [-0.2, -0.15) is 31.4 Å². The molecule has 4 rings (SSSR count). The molecule has 1 aromatic heterocycles. The van der Waals surface area contributed by atoms with Crippen LogP contribution in [0.4, 0.5) is 37.7 Å². The van der Waals surface area contributed by atoms with E-state index < -0.39 is 24.3 Å². The normalized spacial score (nSPS) is 13.6. The van der Waals surface area contributed by atoms with Gasteiger partial charge in [0.2, 0.25) is 5.91 Å². The number of halogens is 6. The summed E-state index contributed by atoms with van der Waals surface area (Å²) in [6.07, 6.45) is -3.95. The molecule has 0 atom stereocenters. The number of rotatable bonds is 7. The first-order valence-corrected chi connectivity index (χ1v) is 13.5. The van der Waals surface area contributed by atoms with Crippen LogP contribution in [0.1, 0.15) is 18.4 Å². The summed E-state index contributed by atoms with van der Waals surface area (Å²) < 4.78 is 68.7. The fourth-order valence-corrected chi connectivity index (χ4v) is 4.23. The maximum absolute atomic E-state index is 12.8. The van der Waals surface area contributed by atoms with E-state index in [1.54, 1.807) is 7.11 Å². The van der Waals surface area contributed by atoms with Crippen molar-refractivity contribution in [3.05, 3.63) is 60.4 Å². The fourth-order valence-electron chi connectivity index (χ4n) is 4.23. The van der Waals surface area contributed by atoms with Crippen LogP contribution >= 0.6 is 0 Å². The summed E-state index contributed by atoms with van der Waals surface area (Å²) in [6, 6.07) is 14.4. The van der Waals surface area contributed by atoms with Crippen LogP contribution in [0, 0.1) is 0 Å². The smallest absolute Gasteiger partial charge is 0.490 e. The van der Waals surface area contributed by atoms with Crippen molar-refractivity contribution in [2.75, 3.05) is 44.5 Å². The van der Waals surface area contributed by atoms with Crippen LogP contribution in [0.15, 0.2) is 54.9 Å². The minimum Gasteiger partial charge on any atom is -0.497 e. The van der Waals surface area contributed by atoms with Gasteiger partial charge in [-0.3, -0.25) is 9.89 Å². The highest BCUT2D eigenvalue weighted by molar-refractivity contribution is 5.96. The lowest BCUT2D eigenvalue weighted by Gasteiger charge is -2.37. The lowest BCUT2D eigenvalue weighted by atomic mass is 10.0. The molecular formula is C29H33F6N5O6. The molecule has 46 heavy (non-hydrogen) atoms. The topological polar surface area (TPSA) is 148 Å². The first-order valence-electron chi connectivity index (χ1n) is 13.5. The average Bonchev–Trinajstić information content (AvgIpc) is 3.53. The number of H-pyrrole nitrogens is 1. The number of benzene rings is 2. The van der Waals surface area contributed by atoms with Gasteiger partial charge in [0, 0.05) is 30.9 Å². The van der Waals surface area contributed by atoms with Gasteiger partial charge in [0.05, 0.1) is 31.1 Å². The molecule has 2 aromatic carbocycles. The molecule has 4 N–H and O–H groups in total. The maximum Gasteiger partial charge on any atom is 0.490 e. The number of aromatic amines is 1. The second-order valence-corrected chi connectivity index (χ2v) is 10.1. The molecule has 0 bridgehead atoms. The van der Waals surface area contributed by atoms with E-state index in [1.807, 2.05) is 48.8 Å². The van der Waals surface area contributed by atoms with Crippen LogP contribution in [0.5, 0.6) is 5.75 Å². The SMILES string of the molecule is COc1ccc(CC(=O)Nc2ccc(-c3cn[nH]c3)cc2N2CCC(N(C)C)CC2)cc1.O=C(O)C(F)(F)F.O=C(O)C(F)(F)F. The number of carboxylic acids is 2. The minimum atomic E-state index is -5.08. The predicted octanol–water partition coefficient (Wildman–Crippen LogP) is 5.06. The summed E-state index contributed by atoms with van der Waals surface area (Å²) in [7, 11) is 5.92. The van der Waals surface area contributed by atoms with Crippen LogP contribution in [0.25, 0.3) is 11.1 Å². The van der Waals surface area contributed by atoms with Crippen molar-refractivity contribution in [1.29, 1.82) is 0 Å². The Kier molecular flexibility index (Phi) is 13.4. The zero-order valence-electron chi connectivity index (χ0n) is 24.9. The molecule has 1 amide bonds. The van der Waals surface area contributed by atoms with E-state index in [2.05, 4.69) is 45.5 Å². The number of amides is 1. The number of ether oxygens (including phenoxy) is 1. The molecule has 3 aromatic rings. The Balaban J connectivity index is 0.000000440. The number of carbonyl (C=O) groups excluding carboxylic acids is 1. The second-order valence-electron chi connectivity index (χ2n) is 10.1. The molecule has 11 nitrogen and oxygen atoms in total. The van der Waals surface area contributed by atoms with Gasteiger partial charge in [0.25, 0.3) is 0 Å². The van der Waals surface area contributed by atoms with Crippen LogP contribution < -0.4 is 15.0 Å². The molecule has 1 aliphatic rings. The molecule has 17 heteroatoms. The van der Waals surface area contributed by atoms with Crippen molar-refractivity contribution in [1.82, 2.24) is 15.1 Å². The van der Waals surface area contributed by atoms with Gasteiger partial charge in [0.15, 0.2) is 0 Å². The predicted molar refractivity (Wildman–Crippen MR) is 156 cm³/mol. The Hall–Kier alpha value is -4.80. The van der Waals surface area contributed by atoms with Crippen LogP contribution in [0.3, 0.4) is 0 Å². The number of aromatic nitrogens is 2. The zero-order valence-corrected chi connectivity index (χ0v) is 24.9. The number of hydrogen-bond donors (Lipinski definition) is 4. The van der Waals surface area contributed by atoms with Crippen molar-refractivity contribution >= 4 is 29.2 Å².